The van der Waals surface area contributed by atoms with Gasteiger partial charge in [0.2, 0.25) is 5.91 Å². The van der Waals surface area contributed by atoms with Gasteiger partial charge >= 0.3 is 0 Å². The molecule has 1 aromatic carbocycles. The molecule has 2 aliphatic heterocycles. The summed E-state index contributed by atoms with van der Waals surface area (Å²) in [5.41, 5.74) is 2.51. The number of rotatable bonds is 1. The van der Waals surface area contributed by atoms with Crippen LogP contribution in [0.25, 0.3) is 0 Å². The van der Waals surface area contributed by atoms with Crippen molar-refractivity contribution in [2.75, 3.05) is 23.3 Å². The number of hydrogen-bond donors (Lipinski definition) is 1. The topological polar surface area (TPSA) is 106 Å². The second-order valence-electron chi connectivity index (χ2n) is 6.75. The van der Waals surface area contributed by atoms with Crippen LogP contribution in [0, 0.1) is 42.4 Å². The van der Waals surface area contributed by atoms with E-state index in [4.69, 9.17) is 0 Å². The molecule has 7 heteroatoms. The van der Waals surface area contributed by atoms with Gasteiger partial charge in [-0.15, -0.1) is 5.10 Å². The Labute approximate surface area is 150 Å². The van der Waals surface area contributed by atoms with Gasteiger partial charge in [-0.1, -0.05) is 18.2 Å². The molecule has 0 bridgehead atoms. The van der Waals surface area contributed by atoms with Gasteiger partial charge < -0.3 is 10.2 Å². The van der Waals surface area contributed by atoms with E-state index in [9.17, 15) is 15.3 Å². The van der Waals surface area contributed by atoms with Gasteiger partial charge in [-0.05, 0) is 31.0 Å². The third-order valence-electron chi connectivity index (χ3n) is 5.50. The number of aryl methyl sites for hydroxylation is 1. The molecule has 7 nitrogen and oxygen atoms in total. The van der Waals surface area contributed by atoms with Crippen molar-refractivity contribution < 1.29 is 4.79 Å². The molecule has 0 saturated carbocycles. The van der Waals surface area contributed by atoms with Crippen LogP contribution < -0.4 is 10.2 Å². The number of carbonyl (C=O) groups is 1. The molecule has 1 spiro atoms. The SMILES string of the molecule is Cc1nnc(N2C[C@@H](C#N)[C@@]3(C2)C(=O)Nc2ccccc23)c(C#N)c1C. The van der Waals surface area contributed by atoms with Crippen molar-refractivity contribution in [3.05, 3.63) is 46.6 Å². The zero-order valence-corrected chi connectivity index (χ0v) is 14.4. The zero-order chi connectivity index (χ0) is 18.5. The molecule has 3 heterocycles. The fourth-order valence-electron chi connectivity index (χ4n) is 3.96. The Morgan fingerprint density at radius 2 is 2.04 bits per heavy atom. The number of carbonyl (C=O) groups excluding carboxylic acids is 1. The van der Waals surface area contributed by atoms with Gasteiger partial charge in [-0.2, -0.15) is 15.6 Å². The van der Waals surface area contributed by atoms with E-state index in [1.54, 1.807) is 6.92 Å². The standard InChI is InChI=1S/C19H16N6O/c1-11-12(2)23-24-17(14(11)8-21)25-9-13(7-20)19(10-25)15-5-3-4-6-16(15)22-18(19)26/h3-6,13H,9-10H2,1-2H3,(H,22,26)/t13-,19-/m1/s1. The molecule has 1 amide bonds. The fourth-order valence-corrected chi connectivity index (χ4v) is 3.96. The predicted octanol–water partition coefficient (Wildman–Crippen LogP) is 1.81. The van der Waals surface area contributed by atoms with Crippen molar-refractivity contribution in [3.8, 4) is 12.1 Å². The van der Waals surface area contributed by atoms with Crippen molar-refractivity contribution in [1.29, 1.82) is 10.5 Å². The summed E-state index contributed by atoms with van der Waals surface area (Å²) >= 11 is 0. The molecule has 2 aliphatic rings. The quantitative estimate of drug-likeness (QED) is 0.846. The summed E-state index contributed by atoms with van der Waals surface area (Å²) in [6.07, 6.45) is 0. The number of amides is 1. The van der Waals surface area contributed by atoms with E-state index < -0.39 is 11.3 Å². The molecular weight excluding hydrogens is 328 g/mol. The molecule has 1 aromatic heterocycles. The number of benzene rings is 1. The van der Waals surface area contributed by atoms with Crippen molar-refractivity contribution in [1.82, 2.24) is 10.2 Å². The van der Waals surface area contributed by atoms with Crippen molar-refractivity contribution in [3.63, 3.8) is 0 Å². The minimum Gasteiger partial charge on any atom is -0.351 e. The lowest BCUT2D eigenvalue weighted by atomic mass is 9.74. The normalized spacial score (nSPS) is 23.5. The largest absolute Gasteiger partial charge is 0.351 e. The van der Waals surface area contributed by atoms with Gasteiger partial charge in [0.1, 0.15) is 17.0 Å². The monoisotopic (exact) mass is 344 g/mol. The van der Waals surface area contributed by atoms with Crippen LogP contribution in [0.4, 0.5) is 11.5 Å². The first-order chi connectivity index (χ1) is 12.5. The summed E-state index contributed by atoms with van der Waals surface area (Å²) in [7, 11) is 0. The molecule has 1 N–H and O–H groups in total. The van der Waals surface area contributed by atoms with E-state index in [1.807, 2.05) is 36.1 Å². The minimum absolute atomic E-state index is 0.178. The van der Waals surface area contributed by atoms with E-state index in [-0.39, 0.29) is 5.91 Å². The number of nitriles is 2. The molecular formula is C19H16N6O. The second-order valence-corrected chi connectivity index (χ2v) is 6.75. The van der Waals surface area contributed by atoms with Crippen LogP contribution in [0.5, 0.6) is 0 Å². The average Bonchev–Trinajstić information content (AvgIpc) is 3.17. The van der Waals surface area contributed by atoms with Crippen LogP contribution in [0.2, 0.25) is 0 Å². The van der Waals surface area contributed by atoms with Crippen LogP contribution >= 0.6 is 0 Å². The highest BCUT2D eigenvalue weighted by molar-refractivity contribution is 6.07. The Hall–Kier alpha value is -3.45. The van der Waals surface area contributed by atoms with E-state index in [1.165, 1.54) is 0 Å². The van der Waals surface area contributed by atoms with E-state index in [0.717, 1.165) is 16.8 Å². The second kappa shape index (κ2) is 5.53. The number of aromatic nitrogens is 2. The Kier molecular flexibility index (Phi) is 3.41. The summed E-state index contributed by atoms with van der Waals surface area (Å²) in [6, 6.07) is 11.9. The maximum Gasteiger partial charge on any atom is 0.238 e. The van der Waals surface area contributed by atoms with Crippen LogP contribution in [0.1, 0.15) is 22.4 Å². The molecule has 26 heavy (non-hydrogen) atoms. The molecule has 2 aromatic rings. The molecule has 128 valence electrons. The molecule has 0 radical (unpaired) electrons. The molecule has 0 aliphatic carbocycles. The first-order valence-electron chi connectivity index (χ1n) is 8.32. The van der Waals surface area contributed by atoms with Crippen molar-refractivity contribution >= 4 is 17.4 Å². The van der Waals surface area contributed by atoms with Crippen molar-refractivity contribution in [2.24, 2.45) is 5.92 Å². The summed E-state index contributed by atoms with van der Waals surface area (Å²) < 4.78 is 0. The summed E-state index contributed by atoms with van der Waals surface area (Å²) in [5.74, 6) is -0.283. The molecule has 1 fully saturated rings. The first kappa shape index (κ1) is 16.0. The van der Waals surface area contributed by atoms with Crippen LogP contribution in [0.3, 0.4) is 0 Å². The van der Waals surface area contributed by atoms with Crippen molar-refractivity contribution in [2.45, 2.75) is 19.3 Å². The Morgan fingerprint density at radius 1 is 1.27 bits per heavy atom. The maximum atomic E-state index is 12.9. The number of para-hydroxylation sites is 1. The first-order valence-corrected chi connectivity index (χ1v) is 8.32. The maximum absolute atomic E-state index is 12.9. The lowest BCUT2D eigenvalue weighted by molar-refractivity contribution is -0.120. The summed E-state index contributed by atoms with van der Waals surface area (Å²) in [6.45, 7) is 4.25. The van der Waals surface area contributed by atoms with Crippen LogP contribution in [0.15, 0.2) is 24.3 Å². The highest BCUT2D eigenvalue weighted by atomic mass is 16.2. The van der Waals surface area contributed by atoms with Gasteiger partial charge in [0.25, 0.3) is 0 Å². The minimum atomic E-state index is -0.960. The Balaban J connectivity index is 1.84. The molecule has 1 saturated heterocycles. The van der Waals surface area contributed by atoms with E-state index >= 15 is 0 Å². The highest BCUT2D eigenvalue weighted by Gasteiger charge is 2.58. The predicted molar refractivity (Wildman–Crippen MR) is 94.3 cm³/mol. The smallest absolute Gasteiger partial charge is 0.238 e. The number of nitrogens with zero attached hydrogens (tertiary/aromatic N) is 5. The lowest BCUT2D eigenvalue weighted by Crippen LogP contribution is -2.42. The number of hydrogen-bond acceptors (Lipinski definition) is 6. The van der Waals surface area contributed by atoms with Crippen LogP contribution in [-0.4, -0.2) is 29.2 Å². The van der Waals surface area contributed by atoms with E-state index in [0.29, 0.717) is 30.2 Å². The zero-order valence-electron chi connectivity index (χ0n) is 14.4. The number of anilines is 2. The average molecular weight is 344 g/mol. The van der Waals surface area contributed by atoms with Gasteiger partial charge in [0.05, 0.1) is 17.7 Å². The molecule has 2 atom stereocenters. The lowest BCUT2D eigenvalue weighted by Gasteiger charge is -2.25. The van der Waals surface area contributed by atoms with Crippen LogP contribution in [-0.2, 0) is 10.2 Å². The van der Waals surface area contributed by atoms with Gasteiger partial charge in [0.15, 0.2) is 5.82 Å². The van der Waals surface area contributed by atoms with E-state index in [2.05, 4.69) is 27.7 Å². The Morgan fingerprint density at radius 3 is 2.77 bits per heavy atom. The molecule has 0 unspecified atom stereocenters. The summed E-state index contributed by atoms with van der Waals surface area (Å²) in [4.78, 5) is 14.7. The highest BCUT2D eigenvalue weighted by Crippen LogP contribution is 2.48. The Bertz CT molecular complexity index is 1020. The summed E-state index contributed by atoms with van der Waals surface area (Å²) in [5, 5.41) is 30.6. The fraction of sp³-hybridized carbons (Fsp3) is 0.316. The van der Waals surface area contributed by atoms with Gasteiger partial charge in [0, 0.05) is 18.8 Å². The van der Waals surface area contributed by atoms with Gasteiger partial charge in [-0.3, -0.25) is 4.79 Å². The van der Waals surface area contributed by atoms with Gasteiger partial charge in [-0.25, -0.2) is 0 Å². The third-order valence-corrected chi connectivity index (χ3v) is 5.50. The third kappa shape index (κ3) is 1.94. The molecule has 4 rings (SSSR count). The number of nitrogens with one attached hydrogen (secondary N) is 1. The number of fused-ring (bicyclic) bond motifs is 2.